The van der Waals surface area contributed by atoms with Crippen LogP contribution in [0.15, 0.2) is 0 Å². The van der Waals surface area contributed by atoms with E-state index in [1.54, 1.807) is 28.4 Å². The van der Waals surface area contributed by atoms with Crippen LogP contribution in [0.2, 0.25) is 0 Å². The second-order valence-electron chi connectivity index (χ2n) is 3.53. The summed E-state index contributed by atoms with van der Waals surface area (Å²) in [5.74, 6) is 0.314. The topological polar surface area (TPSA) is 46.2 Å². The molecule has 0 amide bonds. The lowest BCUT2D eigenvalue weighted by Crippen LogP contribution is -2.60. The van der Waals surface area contributed by atoms with Gasteiger partial charge in [0.1, 0.15) is 24.4 Å². The van der Waals surface area contributed by atoms with Crippen molar-refractivity contribution in [2.75, 3.05) is 34.3 Å². The van der Waals surface area contributed by atoms with Crippen LogP contribution in [0.3, 0.4) is 0 Å². The summed E-state index contributed by atoms with van der Waals surface area (Å²) >= 11 is 5.83. The molecule has 0 radical (unpaired) electrons. The molecule has 1 saturated heterocycles. The third-order valence-electron chi connectivity index (χ3n) is 2.79. The van der Waals surface area contributed by atoms with E-state index >= 15 is 0 Å². The molecule has 0 aromatic heterocycles. The molecule has 0 bridgehead atoms. The Morgan fingerprint density at radius 3 is 1.81 bits per heavy atom. The highest BCUT2D eigenvalue weighted by molar-refractivity contribution is 6.18. The molecule has 1 aliphatic rings. The lowest BCUT2D eigenvalue weighted by molar-refractivity contribution is -0.298. The normalized spacial score (nSPS) is 39.9. The largest absolute Gasteiger partial charge is 0.376 e. The molecule has 0 saturated carbocycles. The molecule has 5 atom stereocenters. The monoisotopic (exact) mass is 254 g/mol. The first kappa shape index (κ1) is 14.2. The van der Waals surface area contributed by atoms with Crippen molar-refractivity contribution in [2.24, 2.45) is 0 Å². The molecule has 1 aliphatic heterocycles. The second kappa shape index (κ2) is 6.74. The van der Waals surface area contributed by atoms with E-state index in [4.69, 9.17) is 35.3 Å². The summed E-state index contributed by atoms with van der Waals surface area (Å²) in [6.45, 7) is 0. The first-order chi connectivity index (χ1) is 7.73. The van der Waals surface area contributed by atoms with Gasteiger partial charge in [-0.2, -0.15) is 0 Å². The van der Waals surface area contributed by atoms with Crippen LogP contribution in [0.25, 0.3) is 0 Å². The lowest BCUT2D eigenvalue weighted by Gasteiger charge is -2.43. The highest BCUT2D eigenvalue weighted by Gasteiger charge is 2.46. The van der Waals surface area contributed by atoms with Crippen molar-refractivity contribution < 1.29 is 23.7 Å². The second-order valence-corrected chi connectivity index (χ2v) is 3.84. The minimum atomic E-state index is -0.495. The maximum Gasteiger partial charge on any atom is 0.186 e. The summed E-state index contributed by atoms with van der Waals surface area (Å²) in [6, 6.07) is 0. The highest BCUT2D eigenvalue weighted by atomic mass is 35.5. The number of methoxy groups -OCH3 is 4. The molecule has 16 heavy (non-hydrogen) atoms. The summed E-state index contributed by atoms with van der Waals surface area (Å²) in [5, 5.41) is 0. The SMILES string of the molecule is CO[C@@H]1O[C@H](CCl)[C@@H](OC)[C@H](OC)[C@H]1OC. The fourth-order valence-corrected chi connectivity index (χ4v) is 2.24. The molecule has 0 spiro atoms. The molecule has 0 aliphatic carbocycles. The van der Waals surface area contributed by atoms with E-state index in [1.165, 1.54) is 0 Å². The molecule has 1 fully saturated rings. The Balaban J connectivity index is 2.85. The first-order valence-corrected chi connectivity index (χ1v) is 5.59. The van der Waals surface area contributed by atoms with Crippen molar-refractivity contribution in [3.63, 3.8) is 0 Å². The van der Waals surface area contributed by atoms with E-state index in [-0.39, 0.29) is 24.4 Å². The van der Waals surface area contributed by atoms with Crippen molar-refractivity contribution in [3.05, 3.63) is 0 Å². The molecular weight excluding hydrogens is 236 g/mol. The van der Waals surface area contributed by atoms with Crippen molar-refractivity contribution in [1.82, 2.24) is 0 Å². The summed E-state index contributed by atoms with van der Waals surface area (Å²) < 4.78 is 26.9. The Labute approximate surface area is 101 Å². The van der Waals surface area contributed by atoms with Crippen LogP contribution in [0.4, 0.5) is 0 Å². The molecule has 5 nitrogen and oxygen atoms in total. The molecular formula is C10H19ClO5. The van der Waals surface area contributed by atoms with E-state index in [1.807, 2.05) is 0 Å². The lowest BCUT2D eigenvalue weighted by atomic mass is 9.99. The fraction of sp³-hybridized carbons (Fsp3) is 1.00. The van der Waals surface area contributed by atoms with Gasteiger partial charge in [0.25, 0.3) is 0 Å². The van der Waals surface area contributed by atoms with E-state index < -0.39 is 6.29 Å². The smallest absolute Gasteiger partial charge is 0.186 e. The number of halogens is 1. The molecule has 6 heteroatoms. The van der Waals surface area contributed by atoms with E-state index in [2.05, 4.69) is 0 Å². The number of alkyl halides is 1. The van der Waals surface area contributed by atoms with Gasteiger partial charge < -0.3 is 23.7 Å². The van der Waals surface area contributed by atoms with Crippen molar-refractivity contribution in [2.45, 2.75) is 30.7 Å². The molecule has 1 heterocycles. The van der Waals surface area contributed by atoms with Crippen LogP contribution in [-0.2, 0) is 23.7 Å². The number of rotatable bonds is 5. The van der Waals surface area contributed by atoms with Gasteiger partial charge in [-0.25, -0.2) is 0 Å². The van der Waals surface area contributed by atoms with Gasteiger partial charge in [0, 0.05) is 28.4 Å². The third-order valence-corrected chi connectivity index (χ3v) is 3.10. The Morgan fingerprint density at radius 1 is 0.875 bits per heavy atom. The van der Waals surface area contributed by atoms with Gasteiger partial charge in [0.05, 0.1) is 5.88 Å². The number of ether oxygens (including phenoxy) is 5. The Bertz CT molecular complexity index is 186. The Morgan fingerprint density at radius 2 is 1.44 bits per heavy atom. The van der Waals surface area contributed by atoms with Crippen LogP contribution in [0.5, 0.6) is 0 Å². The van der Waals surface area contributed by atoms with Gasteiger partial charge in [0.2, 0.25) is 0 Å². The maximum atomic E-state index is 5.83. The number of hydrogen-bond donors (Lipinski definition) is 0. The highest BCUT2D eigenvalue weighted by Crippen LogP contribution is 2.27. The van der Waals surface area contributed by atoms with Crippen LogP contribution in [0, 0.1) is 0 Å². The number of hydrogen-bond acceptors (Lipinski definition) is 5. The van der Waals surface area contributed by atoms with Crippen molar-refractivity contribution in [3.8, 4) is 0 Å². The van der Waals surface area contributed by atoms with E-state index in [9.17, 15) is 0 Å². The molecule has 1 rings (SSSR count). The maximum absolute atomic E-state index is 5.83. The van der Waals surface area contributed by atoms with E-state index in [0.717, 1.165) is 0 Å². The average Bonchev–Trinajstić information content (AvgIpc) is 2.35. The van der Waals surface area contributed by atoms with Gasteiger partial charge in [-0.05, 0) is 0 Å². The Kier molecular flexibility index (Phi) is 5.96. The average molecular weight is 255 g/mol. The van der Waals surface area contributed by atoms with Crippen molar-refractivity contribution in [1.29, 1.82) is 0 Å². The van der Waals surface area contributed by atoms with Crippen LogP contribution >= 0.6 is 11.6 Å². The summed E-state index contributed by atoms with van der Waals surface area (Å²) in [6.07, 6.45) is -1.63. The molecule has 0 unspecified atom stereocenters. The van der Waals surface area contributed by atoms with Crippen LogP contribution in [0.1, 0.15) is 0 Å². The first-order valence-electron chi connectivity index (χ1n) is 5.06. The van der Waals surface area contributed by atoms with Gasteiger partial charge in [0.15, 0.2) is 6.29 Å². The Hall–Kier alpha value is 0.0900. The predicted octanol–water partition coefficient (Wildman–Crippen LogP) is 0.641. The minimum absolute atomic E-state index is 0.265. The minimum Gasteiger partial charge on any atom is -0.376 e. The fourth-order valence-electron chi connectivity index (χ4n) is 1.99. The van der Waals surface area contributed by atoms with Crippen LogP contribution in [-0.4, -0.2) is 65.0 Å². The van der Waals surface area contributed by atoms with Gasteiger partial charge >= 0.3 is 0 Å². The summed E-state index contributed by atoms with van der Waals surface area (Å²) in [4.78, 5) is 0. The molecule has 96 valence electrons. The van der Waals surface area contributed by atoms with Gasteiger partial charge in [-0.3, -0.25) is 0 Å². The summed E-state index contributed by atoms with van der Waals surface area (Å²) in [7, 11) is 6.34. The zero-order valence-electron chi connectivity index (χ0n) is 10.0. The van der Waals surface area contributed by atoms with Crippen molar-refractivity contribution >= 4 is 11.6 Å². The molecule has 0 N–H and O–H groups in total. The standard InChI is InChI=1S/C10H19ClO5/c1-12-7-6(5-11)16-10(15-4)9(14-3)8(7)13-2/h6-10H,5H2,1-4H3/t6-,7-,8+,9-,10-/m1/s1. The zero-order valence-corrected chi connectivity index (χ0v) is 10.8. The van der Waals surface area contributed by atoms with Gasteiger partial charge in [-0.1, -0.05) is 0 Å². The third kappa shape index (κ3) is 2.67. The quantitative estimate of drug-likeness (QED) is 0.674. The predicted molar refractivity (Wildman–Crippen MR) is 58.8 cm³/mol. The van der Waals surface area contributed by atoms with Gasteiger partial charge in [-0.15, -0.1) is 11.6 Å². The summed E-state index contributed by atoms with van der Waals surface area (Å²) in [5.41, 5.74) is 0. The van der Waals surface area contributed by atoms with Crippen LogP contribution < -0.4 is 0 Å². The molecule has 0 aromatic carbocycles. The zero-order chi connectivity index (χ0) is 12.1. The van der Waals surface area contributed by atoms with E-state index in [0.29, 0.717) is 5.88 Å². The molecule has 0 aromatic rings.